The molecule has 0 aromatic heterocycles. The van der Waals surface area contributed by atoms with Crippen molar-refractivity contribution in [2.75, 3.05) is 5.75 Å². The molecule has 0 heterocycles. The fraction of sp³-hybridized carbons (Fsp3) is 0.200. The molecule has 1 aromatic carbocycles. The Bertz CT molecular complexity index is 437. The molecule has 1 aromatic rings. The lowest BCUT2D eigenvalue weighted by atomic mass is 10.2. The predicted molar refractivity (Wildman–Crippen MR) is 66.2 cm³/mol. The van der Waals surface area contributed by atoms with Crippen molar-refractivity contribution in [3.05, 3.63) is 42.5 Å². The lowest BCUT2D eigenvalue weighted by molar-refractivity contribution is 0.599. The van der Waals surface area contributed by atoms with Gasteiger partial charge in [0.05, 0.1) is 10.6 Å². The Morgan fingerprint density at radius 1 is 1.40 bits per heavy atom. The maximum atomic E-state index is 11.6. The molecule has 0 radical (unpaired) electrons. The SMILES string of the molecule is C=CCS(=O)(=O)c1ccc(C(Cl)Br)cc1. The standard InChI is InChI=1S/C10H10BrClO2S/c1-2-7-15(13,14)9-5-3-8(4-6-9)10(11)12/h2-6,10H,1,7H2. The Hall–Kier alpha value is -0.320. The number of hydrogen-bond donors (Lipinski definition) is 0. The van der Waals surface area contributed by atoms with Crippen LogP contribution in [0.25, 0.3) is 0 Å². The van der Waals surface area contributed by atoms with Crippen molar-refractivity contribution in [3.8, 4) is 0 Å². The molecule has 0 fully saturated rings. The molecule has 0 aliphatic carbocycles. The summed E-state index contributed by atoms with van der Waals surface area (Å²) >= 11 is 8.97. The lowest BCUT2D eigenvalue weighted by Gasteiger charge is -2.04. The monoisotopic (exact) mass is 308 g/mol. The number of alkyl halides is 2. The number of rotatable bonds is 4. The van der Waals surface area contributed by atoms with Crippen LogP contribution in [0.3, 0.4) is 0 Å². The zero-order chi connectivity index (χ0) is 11.5. The minimum Gasteiger partial charge on any atom is -0.223 e. The summed E-state index contributed by atoms with van der Waals surface area (Å²) in [6, 6.07) is 6.46. The van der Waals surface area contributed by atoms with Crippen LogP contribution in [-0.2, 0) is 9.84 Å². The highest BCUT2D eigenvalue weighted by atomic mass is 79.9. The first kappa shape index (κ1) is 12.7. The van der Waals surface area contributed by atoms with Gasteiger partial charge in [-0.1, -0.05) is 34.1 Å². The molecule has 0 aliphatic heterocycles. The Morgan fingerprint density at radius 2 is 1.93 bits per heavy atom. The van der Waals surface area contributed by atoms with Crippen LogP contribution in [-0.4, -0.2) is 14.2 Å². The van der Waals surface area contributed by atoms with Crippen LogP contribution in [0.5, 0.6) is 0 Å². The van der Waals surface area contributed by atoms with Gasteiger partial charge in [-0.3, -0.25) is 0 Å². The van der Waals surface area contributed by atoms with E-state index in [1.807, 2.05) is 0 Å². The van der Waals surface area contributed by atoms with Crippen LogP contribution in [0.15, 0.2) is 41.8 Å². The van der Waals surface area contributed by atoms with E-state index in [4.69, 9.17) is 11.6 Å². The minimum absolute atomic E-state index is 0.0506. The molecule has 0 spiro atoms. The lowest BCUT2D eigenvalue weighted by Crippen LogP contribution is -2.04. The Balaban J connectivity index is 3.04. The fourth-order valence-corrected chi connectivity index (χ4v) is 2.58. The zero-order valence-corrected chi connectivity index (χ0v) is 11.0. The molecule has 2 nitrogen and oxygen atoms in total. The first-order valence-electron chi connectivity index (χ1n) is 4.19. The first-order valence-corrected chi connectivity index (χ1v) is 7.19. The summed E-state index contributed by atoms with van der Waals surface area (Å²) in [5.74, 6) is -0.0506. The summed E-state index contributed by atoms with van der Waals surface area (Å²) in [7, 11) is -3.23. The first-order chi connectivity index (χ1) is 6.97. The second kappa shape index (κ2) is 5.14. The van der Waals surface area contributed by atoms with Gasteiger partial charge in [-0.05, 0) is 17.7 Å². The van der Waals surface area contributed by atoms with Gasteiger partial charge in [0.15, 0.2) is 9.84 Å². The number of sulfone groups is 1. The van der Waals surface area contributed by atoms with E-state index in [-0.39, 0.29) is 14.9 Å². The third-order valence-corrected chi connectivity index (χ3v) is 4.27. The van der Waals surface area contributed by atoms with Gasteiger partial charge in [0, 0.05) is 0 Å². The quantitative estimate of drug-likeness (QED) is 0.632. The van der Waals surface area contributed by atoms with Crippen molar-refractivity contribution in [3.63, 3.8) is 0 Å². The molecular formula is C10H10BrClO2S. The number of hydrogen-bond acceptors (Lipinski definition) is 2. The number of benzene rings is 1. The fourth-order valence-electron chi connectivity index (χ4n) is 1.07. The molecule has 0 aliphatic rings. The summed E-state index contributed by atoms with van der Waals surface area (Å²) in [4.78, 5) is 0.288. The summed E-state index contributed by atoms with van der Waals surface area (Å²) in [5.41, 5.74) is 0.828. The average molecular weight is 310 g/mol. The highest BCUT2D eigenvalue weighted by Gasteiger charge is 2.12. The third kappa shape index (κ3) is 3.33. The van der Waals surface area contributed by atoms with E-state index in [1.165, 1.54) is 6.08 Å². The molecule has 0 saturated carbocycles. The van der Waals surface area contributed by atoms with Crippen molar-refractivity contribution in [1.82, 2.24) is 0 Å². The van der Waals surface area contributed by atoms with E-state index in [0.29, 0.717) is 0 Å². The molecule has 0 N–H and O–H groups in total. The topological polar surface area (TPSA) is 34.1 Å². The zero-order valence-electron chi connectivity index (χ0n) is 7.86. The average Bonchev–Trinajstić information content (AvgIpc) is 2.18. The summed E-state index contributed by atoms with van der Waals surface area (Å²) in [6.07, 6.45) is 1.37. The maximum Gasteiger partial charge on any atom is 0.181 e. The largest absolute Gasteiger partial charge is 0.223 e. The van der Waals surface area contributed by atoms with Gasteiger partial charge in [0.25, 0.3) is 0 Å². The van der Waals surface area contributed by atoms with Crippen LogP contribution >= 0.6 is 27.5 Å². The van der Waals surface area contributed by atoms with Crippen molar-refractivity contribution >= 4 is 37.4 Å². The third-order valence-electron chi connectivity index (χ3n) is 1.83. The summed E-state index contributed by atoms with van der Waals surface area (Å²) in [5, 5.41) is 0. The molecular weight excluding hydrogens is 300 g/mol. The van der Waals surface area contributed by atoms with Crippen molar-refractivity contribution in [1.29, 1.82) is 0 Å². The molecule has 1 unspecified atom stereocenters. The second-order valence-corrected chi connectivity index (χ2v) is 6.85. The molecule has 15 heavy (non-hydrogen) atoms. The Labute approximate surface area is 103 Å². The van der Waals surface area contributed by atoms with Crippen LogP contribution < -0.4 is 0 Å². The normalized spacial score (nSPS) is 13.5. The van der Waals surface area contributed by atoms with Gasteiger partial charge in [0.2, 0.25) is 0 Å². The van der Waals surface area contributed by atoms with Gasteiger partial charge < -0.3 is 0 Å². The summed E-state index contributed by atoms with van der Waals surface area (Å²) in [6.45, 7) is 3.41. The van der Waals surface area contributed by atoms with Crippen LogP contribution in [0, 0.1) is 0 Å². The molecule has 1 atom stereocenters. The van der Waals surface area contributed by atoms with Crippen LogP contribution in [0.1, 0.15) is 9.85 Å². The molecule has 82 valence electrons. The highest BCUT2D eigenvalue weighted by Crippen LogP contribution is 2.27. The van der Waals surface area contributed by atoms with Gasteiger partial charge in [-0.15, -0.1) is 18.2 Å². The van der Waals surface area contributed by atoms with Gasteiger partial charge in [-0.2, -0.15) is 0 Å². The second-order valence-electron chi connectivity index (χ2n) is 2.94. The van der Waals surface area contributed by atoms with Crippen LogP contribution in [0.4, 0.5) is 0 Å². The molecule has 0 amide bonds. The molecule has 0 bridgehead atoms. The van der Waals surface area contributed by atoms with Crippen molar-refractivity contribution in [2.45, 2.75) is 9.18 Å². The van der Waals surface area contributed by atoms with E-state index in [1.54, 1.807) is 24.3 Å². The van der Waals surface area contributed by atoms with E-state index in [2.05, 4.69) is 22.5 Å². The van der Waals surface area contributed by atoms with E-state index in [9.17, 15) is 8.42 Å². The van der Waals surface area contributed by atoms with E-state index in [0.717, 1.165) is 5.56 Å². The van der Waals surface area contributed by atoms with Gasteiger partial charge in [-0.25, -0.2) is 8.42 Å². The highest BCUT2D eigenvalue weighted by molar-refractivity contribution is 9.09. The van der Waals surface area contributed by atoms with Crippen molar-refractivity contribution in [2.24, 2.45) is 0 Å². The molecule has 1 rings (SSSR count). The van der Waals surface area contributed by atoms with E-state index < -0.39 is 9.84 Å². The molecule has 0 saturated heterocycles. The maximum absolute atomic E-state index is 11.6. The molecule has 5 heteroatoms. The van der Waals surface area contributed by atoms with Gasteiger partial charge >= 0.3 is 0 Å². The van der Waals surface area contributed by atoms with Crippen molar-refractivity contribution < 1.29 is 8.42 Å². The van der Waals surface area contributed by atoms with E-state index >= 15 is 0 Å². The Morgan fingerprint density at radius 3 is 2.33 bits per heavy atom. The van der Waals surface area contributed by atoms with Gasteiger partial charge in [0.1, 0.15) is 4.29 Å². The van der Waals surface area contributed by atoms with Crippen LogP contribution in [0.2, 0.25) is 0 Å². The summed E-state index contributed by atoms with van der Waals surface area (Å²) < 4.78 is 22.9. The minimum atomic E-state index is -3.23. The predicted octanol–water partition coefficient (Wildman–Crippen LogP) is 3.28. The Kier molecular flexibility index (Phi) is 4.37. The smallest absolute Gasteiger partial charge is 0.181 e. The number of halogens is 2.